The van der Waals surface area contributed by atoms with Crippen molar-refractivity contribution in [1.82, 2.24) is 0 Å². The van der Waals surface area contributed by atoms with Crippen LogP contribution in [0, 0.1) is 35.5 Å². The summed E-state index contributed by atoms with van der Waals surface area (Å²) in [6.45, 7) is 4.81. The van der Waals surface area contributed by atoms with E-state index in [2.05, 4.69) is 26.5 Å². The summed E-state index contributed by atoms with van der Waals surface area (Å²) in [5.74, 6) is 6.33. The van der Waals surface area contributed by atoms with E-state index in [9.17, 15) is 0 Å². The molecule has 0 aromatic rings. The first-order chi connectivity index (χ1) is 4.73. The van der Waals surface area contributed by atoms with E-state index in [1.807, 2.05) is 0 Å². The Kier molecular flexibility index (Phi) is 0.848. The van der Waals surface area contributed by atoms with Crippen molar-refractivity contribution in [2.24, 2.45) is 35.5 Å². The first-order valence-electron chi connectivity index (χ1n) is 4.41. The second kappa shape index (κ2) is 1.43. The first-order valence-corrected chi connectivity index (χ1v) is 4.93. The third-order valence-corrected chi connectivity index (χ3v) is 5.21. The van der Waals surface area contributed by atoms with Crippen molar-refractivity contribution in [3.63, 3.8) is 0 Å². The Labute approximate surface area is 67.8 Å². The van der Waals surface area contributed by atoms with Gasteiger partial charge in [-0.15, -0.1) is 0 Å². The molecule has 0 aromatic heterocycles. The van der Waals surface area contributed by atoms with Crippen molar-refractivity contribution in [1.29, 1.82) is 0 Å². The summed E-state index contributed by atoms with van der Waals surface area (Å²) in [5, 5.41) is 0.745. The summed E-state index contributed by atoms with van der Waals surface area (Å²) in [4.78, 5) is 0. The maximum Gasteiger partial charge on any atom is 0.00790 e. The number of thiol groups is 1. The van der Waals surface area contributed by atoms with Gasteiger partial charge < -0.3 is 0 Å². The van der Waals surface area contributed by atoms with Gasteiger partial charge in [0.1, 0.15) is 0 Å². The Morgan fingerprint density at radius 3 is 1.80 bits per heavy atom. The molecule has 3 aliphatic carbocycles. The molecular formula is C9H14S. The second-order valence-corrected chi connectivity index (χ2v) is 5.11. The molecule has 3 fully saturated rings. The molecule has 10 heavy (non-hydrogen) atoms. The van der Waals surface area contributed by atoms with Crippen molar-refractivity contribution >= 4 is 12.6 Å². The van der Waals surface area contributed by atoms with Crippen LogP contribution in [-0.4, -0.2) is 5.25 Å². The Bertz CT molecular complexity index is 187. The third-order valence-electron chi connectivity index (χ3n) is 4.39. The Morgan fingerprint density at radius 2 is 1.40 bits per heavy atom. The van der Waals surface area contributed by atoms with Crippen LogP contribution < -0.4 is 0 Å². The molecule has 0 amide bonds. The number of hydrogen-bond donors (Lipinski definition) is 1. The molecule has 0 nitrogen and oxygen atoms in total. The summed E-state index contributed by atoms with van der Waals surface area (Å²) < 4.78 is 0. The van der Waals surface area contributed by atoms with Gasteiger partial charge in [0, 0.05) is 5.25 Å². The molecule has 56 valence electrons. The molecule has 0 aliphatic heterocycles. The molecule has 0 radical (unpaired) electrons. The van der Waals surface area contributed by atoms with E-state index in [0.29, 0.717) is 0 Å². The van der Waals surface area contributed by atoms with Gasteiger partial charge in [-0.2, -0.15) is 12.6 Å². The Hall–Kier alpha value is 0.350. The Balaban J connectivity index is 1.95. The van der Waals surface area contributed by atoms with Crippen LogP contribution in [0.15, 0.2) is 0 Å². The maximum absolute atomic E-state index is 4.67. The summed E-state index contributed by atoms with van der Waals surface area (Å²) in [5.41, 5.74) is 0. The molecule has 0 N–H and O–H groups in total. The van der Waals surface area contributed by atoms with Crippen molar-refractivity contribution in [3.8, 4) is 0 Å². The van der Waals surface area contributed by atoms with Crippen LogP contribution in [0.3, 0.4) is 0 Å². The summed E-state index contributed by atoms with van der Waals surface area (Å²) >= 11 is 4.67. The number of rotatable bonds is 0. The van der Waals surface area contributed by atoms with Crippen LogP contribution in [0.5, 0.6) is 0 Å². The van der Waals surface area contributed by atoms with Gasteiger partial charge in [0.25, 0.3) is 0 Å². The lowest BCUT2D eigenvalue weighted by atomic mass is 9.70. The summed E-state index contributed by atoms with van der Waals surface area (Å²) in [6.07, 6.45) is 0. The average molecular weight is 154 g/mol. The van der Waals surface area contributed by atoms with E-state index in [-0.39, 0.29) is 0 Å². The van der Waals surface area contributed by atoms with E-state index in [1.54, 1.807) is 0 Å². The van der Waals surface area contributed by atoms with Gasteiger partial charge in [-0.3, -0.25) is 0 Å². The van der Waals surface area contributed by atoms with Gasteiger partial charge in [0.15, 0.2) is 0 Å². The van der Waals surface area contributed by atoms with Crippen molar-refractivity contribution in [2.75, 3.05) is 0 Å². The highest BCUT2D eigenvalue weighted by atomic mass is 32.1. The van der Waals surface area contributed by atoms with Gasteiger partial charge in [-0.25, -0.2) is 0 Å². The van der Waals surface area contributed by atoms with Crippen LogP contribution in [0.2, 0.25) is 0 Å². The van der Waals surface area contributed by atoms with E-state index in [0.717, 1.165) is 40.8 Å². The molecule has 3 rings (SSSR count). The minimum atomic E-state index is 0.745. The lowest BCUT2D eigenvalue weighted by Gasteiger charge is -2.39. The number of fused-ring (bicyclic) bond motifs is 1. The van der Waals surface area contributed by atoms with Crippen LogP contribution in [0.1, 0.15) is 13.8 Å². The fourth-order valence-corrected chi connectivity index (χ4v) is 4.55. The predicted octanol–water partition coefficient (Wildman–Crippen LogP) is 2.06. The highest BCUT2D eigenvalue weighted by Gasteiger charge is 2.75. The molecule has 5 unspecified atom stereocenters. The highest BCUT2D eigenvalue weighted by Crippen LogP contribution is 2.78. The quantitative estimate of drug-likeness (QED) is 0.507. The van der Waals surface area contributed by atoms with E-state index >= 15 is 0 Å². The van der Waals surface area contributed by atoms with Gasteiger partial charge >= 0.3 is 0 Å². The van der Waals surface area contributed by atoms with Gasteiger partial charge in [0.05, 0.1) is 0 Å². The predicted molar refractivity (Wildman–Crippen MR) is 45.1 cm³/mol. The zero-order valence-corrected chi connectivity index (χ0v) is 7.38. The molecular weight excluding hydrogens is 140 g/mol. The van der Waals surface area contributed by atoms with Crippen LogP contribution >= 0.6 is 12.6 Å². The smallest absolute Gasteiger partial charge is 0.00790 e. The third kappa shape index (κ3) is 0.382. The molecule has 3 saturated carbocycles. The SMILES string of the molecule is CC1C2C3[C@@H]1C(S)C(C)[C@@H]23. The molecule has 0 saturated heterocycles. The van der Waals surface area contributed by atoms with Crippen molar-refractivity contribution in [3.05, 3.63) is 0 Å². The molecule has 0 bridgehead atoms. The lowest BCUT2D eigenvalue weighted by molar-refractivity contribution is 0.146. The second-order valence-electron chi connectivity index (χ2n) is 4.52. The largest absolute Gasteiger partial charge is 0.175 e. The standard InChI is InChI=1S/C9H14S/c1-3-5-6-4(2)9(10)7(3)8(5)6/h3-10H,1-2H3/t3?,4?,5?,6-,7+,8?,9?/m0/s1. The molecule has 3 aliphatic rings. The summed E-state index contributed by atoms with van der Waals surface area (Å²) in [7, 11) is 0. The molecule has 0 heterocycles. The normalized spacial score (nSPS) is 76.5. The molecule has 7 atom stereocenters. The Morgan fingerprint density at radius 1 is 0.800 bits per heavy atom. The highest BCUT2D eigenvalue weighted by molar-refractivity contribution is 7.81. The van der Waals surface area contributed by atoms with Crippen LogP contribution in [-0.2, 0) is 0 Å². The fraction of sp³-hybridized carbons (Fsp3) is 1.00. The topological polar surface area (TPSA) is 0 Å². The van der Waals surface area contributed by atoms with Crippen molar-refractivity contribution in [2.45, 2.75) is 19.1 Å². The zero-order chi connectivity index (χ0) is 7.04. The fourth-order valence-electron chi connectivity index (χ4n) is 3.88. The molecule has 0 aromatic carbocycles. The molecule has 0 spiro atoms. The minimum Gasteiger partial charge on any atom is -0.175 e. The monoisotopic (exact) mass is 154 g/mol. The van der Waals surface area contributed by atoms with E-state index < -0.39 is 0 Å². The minimum absolute atomic E-state index is 0.745. The van der Waals surface area contributed by atoms with Crippen LogP contribution in [0.25, 0.3) is 0 Å². The van der Waals surface area contributed by atoms with Crippen molar-refractivity contribution < 1.29 is 0 Å². The maximum atomic E-state index is 4.67. The van der Waals surface area contributed by atoms with Gasteiger partial charge in [0.2, 0.25) is 0 Å². The summed E-state index contributed by atoms with van der Waals surface area (Å²) in [6, 6.07) is 0. The zero-order valence-electron chi connectivity index (χ0n) is 6.49. The van der Waals surface area contributed by atoms with Crippen LogP contribution in [0.4, 0.5) is 0 Å². The lowest BCUT2D eigenvalue weighted by Crippen LogP contribution is -2.37. The van der Waals surface area contributed by atoms with Gasteiger partial charge in [-0.05, 0) is 35.5 Å². The van der Waals surface area contributed by atoms with Gasteiger partial charge in [-0.1, -0.05) is 13.8 Å². The number of hydrogen-bond acceptors (Lipinski definition) is 1. The first kappa shape index (κ1) is 5.93. The molecule has 1 heteroatoms. The van der Waals surface area contributed by atoms with E-state index in [4.69, 9.17) is 0 Å². The van der Waals surface area contributed by atoms with E-state index in [1.165, 1.54) is 0 Å². The average Bonchev–Trinajstić information content (AvgIpc) is 2.49.